The third-order valence-corrected chi connectivity index (χ3v) is 2.56. The van der Waals surface area contributed by atoms with E-state index in [1.165, 1.54) is 5.01 Å². The van der Waals surface area contributed by atoms with E-state index in [0.29, 0.717) is 11.7 Å². The molecule has 0 bridgehead atoms. The summed E-state index contributed by atoms with van der Waals surface area (Å²) in [4.78, 5) is 0. The largest absolute Gasteiger partial charge is 0.332 e. The Morgan fingerprint density at radius 2 is 2.07 bits per heavy atom. The van der Waals surface area contributed by atoms with Gasteiger partial charge in [-0.2, -0.15) is 0 Å². The molecular weight excluding hydrogens is 262 g/mol. The maximum atomic E-state index is 5.61. The third kappa shape index (κ3) is 3.25. The molecule has 0 saturated carbocycles. The van der Waals surface area contributed by atoms with Crippen molar-refractivity contribution < 1.29 is 0 Å². The predicted octanol–water partition coefficient (Wildman–Crippen LogP) is 2.34. The van der Waals surface area contributed by atoms with Crippen molar-refractivity contribution in [2.45, 2.75) is 6.92 Å². The molecule has 5 heteroatoms. The van der Waals surface area contributed by atoms with E-state index in [0.717, 1.165) is 10.2 Å². The fraction of sp³-hybridized carbons (Fsp3) is 0.222. The van der Waals surface area contributed by atoms with Gasteiger partial charge in [-0.05, 0) is 43.4 Å². The van der Waals surface area contributed by atoms with Gasteiger partial charge in [0.05, 0.1) is 0 Å². The van der Waals surface area contributed by atoms with E-state index in [2.05, 4.69) is 21.2 Å². The van der Waals surface area contributed by atoms with Crippen LogP contribution in [-0.4, -0.2) is 16.7 Å². The van der Waals surface area contributed by atoms with Crippen LogP contribution in [0.2, 0.25) is 0 Å². The zero-order chi connectivity index (χ0) is 10.6. The summed E-state index contributed by atoms with van der Waals surface area (Å²) >= 11 is 8.43. The molecule has 0 unspecified atom stereocenters. The van der Waals surface area contributed by atoms with Crippen molar-refractivity contribution in [3.63, 3.8) is 0 Å². The Morgan fingerprint density at radius 1 is 1.50 bits per heavy atom. The molecule has 0 atom stereocenters. The highest BCUT2D eigenvalue weighted by Crippen LogP contribution is 2.14. The first-order valence-corrected chi connectivity index (χ1v) is 5.42. The maximum absolute atomic E-state index is 5.61. The van der Waals surface area contributed by atoms with Crippen molar-refractivity contribution in [3.05, 3.63) is 28.7 Å². The molecule has 0 aliphatic rings. The highest BCUT2D eigenvalue weighted by molar-refractivity contribution is 9.10. The summed E-state index contributed by atoms with van der Waals surface area (Å²) in [5.74, 6) is 5.61. The average molecular weight is 274 g/mol. The number of hydrogen-bond donors (Lipinski definition) is 2. The van der Waals surface area contributed by atoms with E-state index >= 15 is 0 Å². The van der Waals surface area contributed by atoms with Gasteiger partial charge in [-0.3, -0.25) is 5.01 Å². The van der Waals surface area contributed by atoms with Crippen LogP contribution < -0.4 is 11.2 Å². The van der Waals surface area contributed by atoms with E-state index in [4.69, 9.17) is 18.1 Å². The number of benzene rings is 1. The van der Waals surface area contributed by atoms with Crippen LogP contribution >= 0.6 is 28.1 Å². The maximum Gasteiger partial charge on any atom is 0.187 e. The second-order valence-corrected chi connectivity index (χ2v) is 4.03. The van der Waals surface area contributed by atoms with Gasteiger partial charge in [-0.25, -0.2) is 5.84 Å². The fourth-order valence-corrected chi connectivity index (χ4v) is 1.38. The molecule has 0 fully saturated rings. The van der Waals surface area contributed by atoms with Crippen LogP contribution in [0.1, 0.15) is 6.92 Å². The number of anilines is 1. The summed E-state index contributed by atoms with van der Waals surface area (Å²) in [5, 5.41) is 5.04. The molecule has 0 aliphatic heterocycles. The highest BCUT2D eigenvalue weighted by Gasteiger charge is 2.01. The fourth-order valence-electron chi connectivity index (χ4n) is 0.872. The van der Waals surface area contributed by atoms with Crippen molar-refractivity contribution in [2.75, 3.05) is 11.9 Å². The van der Waals surface area contributed by atoms with E-state index < -0.39 is 0 Å². The quantitative estimate of drug-likeness (QED) is 0.493. The van der Waals surface area contributed by atoms with Gasteiger partial charge in [-0.15, -0.1) is 0 Å². The lowest BCUT2D eigenvalue weighted by Gasteiger charge is -2.18. The molecule has 0 spiro atoms. The Labute approximate surface area is 97.4 Å². The van der Waals surface area contributed by atoms with E-state index in [1.54, 1.807) is 0 Å². The molecule has 1 rings (SSSR count). The summed E-state index contributed by atoms with van der Waals surface area (Å²) in [6.07, 6.45) is 0. The topological polar surface area (TPSA) is 41.3 Å². The molecule has 0 radical (unpaired) electrons. The molecular formula is C9H12BrN3S. The van der Waals surface area contributed by atoms with Gasteiger partial charge in [0.25, 0.3) is 0 Å². The second kappa shape index (κ2) is 5.29. The first-order chi connectivity index (χ1) is 6.63. The minimum Gasteiger partial charge on any atom is -0.332 e. The van der Waals surface area contributed by atoms with Crippen LogP contribution in [0.3, 0.4) is 0 Å². The number of halogens is 1. The summed E-state index contributed by atoms with van der Waals surface area (Å²) < 4.78 is 1.04. The van der Waals surface area contributed by atoms with Crippen molar-refractivity contribution >= 4 is 38.9 Å². The van der Waals surface area contributed by atoms with Crippen LogP contribution in [-0.2, 0) is 0 Å². The Balaban J connectivity index is 2.60. The third-order valence-electron chi connectivity index (χ3n) is 1.70. The first-order valence-electron chi connectivity index (χ1n) is 4.22. The monoisotopic (exact) mass is 273 g/mol. The lowest BCUT2D eigenvalue weighted by molar-refractivity contribution is 0.473. The molecule has 0 heterocycles. The van der Waals surface area contributed by atoms with Crippen molar-refractivity contribution in [2.24, 2.45) is 5.84 Å². The van der Waals surface area contributed by atoms with Gasteiger partial charge in [0.2, 0.25) is 0 Å². The normalized spacial score (nSPS) is 9.64. The van der Waals surface area contributed by atoms with Gasteiger partial charge in [0.15, 0.2) is 5.11 Å². The van der Waals surface area contributed by atoms with Crippen molar-refractivity contribution in [3.8, 4) is 0 Å². The lowest BCUT2D eigenvalue weighted by atomic mass is 10.3. The molecule has 14 heavy (non-hydrogen) atoms. The van der Waals surface area contributed by atoms with Gasteiger partial charge in [0, 0.05) is 16.7 Å². The average Bonchev–Trinajstić information content (AvgIpc) is 2.20. The molecule has 1 aromatic rings. The zero-order valence-electron chi connectivity index (χ0n) is 7.83. The zero-order valence-corrected chi connectivity index (χ0v) is 10.2. The minimum atomic E-state index is 0.523. The van der Waals surface area contributed by atoms with Gasteiger partial charge < -0.3 is 5.32 Å². The van der Waals surface area contributed by atoms with Gasteiger partial charge >= 0.3 is 0 Å². The smallest absolute Gasteiger partial charge is 0.187 e. The Hall–Kier alpha value is -0.650. The van der Waals surface area contributed by atoms with Crippen LogP contribution in [0.4, 0.5) is 5.69 Å². The molecule has 1 aromatic carbocycles. The second-order valence-electron chi connectivity index (χ2n) is 2.72. The molecule has 0 aliphatic carbocycles. The number of rotatable bonds is 2. The summed E-state index contributed by atoms with van der Waals surface area (Å²) in [6, 6.07) is 7.75. The van der Waals surface area contributed by atoms with E-state index in [1.807, 2.05) is 31.2 Å². The van der Waals surface area contributed by atoms with Crippen LogP contribution in [0, 0.1) is 0 Å². The van der Waals surface area contributed by atoms with Gasteiger partial charge in [0.1, 0.15) is 0 Å². The molecule has 0 saturated heterocycles. The standard InChI is InChI=1S/C9H12BrN3S/c1-2-13(11)9(14)12-8-5-3-7(10)4-6-8/h3-6H,2,11H2,1H3,(H,12,14). The highest BCUT2D eigenvalue weighted by atomic mass is 79.9. The summed E-state index contributed by atoms with van der Waals surface area (Å²) in [5.41, 5.74) is 0.933. The summed E-state index contributed by atoms with van der Waals surface area (Å²) in [7, 11) is 0. The Kier molecular flexibility index (Phi) is 4.31. The SMILES string of the molecule is CCN(N)C(=S)Nc1ccc(Br)cc1. The number of thiocarbonyl (C=S) groups is 1. The predicted molar refractivity (Wildman–Crippen MR) is 66.9 cm³/mol. The molecule has 0 amide bonds. The number of nitrogens with two attached hydrogens (primary N) is 1. The van der Waals surface area contributed by atoms with E-state index in [-0.39, 0.29) is 0 Å². The first kappa shape index (κ1) is 11.4. The van der Waals surface area contributed by atoms with Crippen molar-refractivity contribution in [1.82, 2.24) is 5.01 Å². The molecule has 3 nitrogen and oxygen atoms in total. The molecule has 3 N–H and O–H groups in total. The Bertz CT molecular complexity index is 312. The minimum absolute atomic E-state index is 0.523. The lowest BCUT2D eigenvalue weighted by Crippen LogP contribution is -2.40. The van der Waals surface area contributed by atoms with Crippen LogP contribution in [0.5, 0.6) is 0 Å². The number of nitrogens with zero attached hydrogens (tertiary/aromatic N) is 1. The van der Waals surface area contributed by atoms with Crippen LogP contribution in [0.15, 0.2) is 28.7 Å². The van der Waals surface area contributed by atoms with Crippen molar-refractivity contribution in [1.29, 1.82) is 0 Å². The molecule has 0 aromatic heterocycles. The summed E-state index contributed by atoms with van der Waals surface area (Å²) in [6.45, 7) is 2.62. The number of hydrazine groups is 1. The number of hydrogen-bond acceptors (Lipinski definition) is 2. The van der Waals surface area contributed by atoms with E-state index in [9.17, 15) is 0 Å². The van der Waals surface area contributed by atoms with Crippen LogP contribution in [0.25, 0.3) is 0 Å². The Morgan fingerprint density at radius 3 is 2.57 bits per heavy atom. The van der Waals surface area contributed by atoms with Gasteiger partial charge in [-0.1, -0.05) is 15.9 Å². The molecule has 76 valence electrons. The number of nitrogens with one attached hydrogen (secondary N) is 1.